The molecule has 0 heterocycles. The largest absolute Gasteiger partial charge is 0.478 e. The number of carboxylic acids is 1. The molecular weight excluding hydrogens is 429 g/mol. The van der Waals surface area contributed by atoms with Gasteiger partial charge in [-0.2, -0.15) is 0 Å². The van der Waals surface area contributed by atoms with Crippen molar-refractivity contribution in [2.75, 3.05) is 0 Å². The standard InChI is InChI=1S/C20H19Cl2NO5.C2H6/c1-11(2)28-20(27)16(10-12-6-8-13(9-7-12)19(25)26)23-18(24)17-14(21)4-3-5-15(17)22;1-2/h3-9,11,16H,10H2,1-2H3,(H,23,24)(H,25,26);1-2H3/t16-;/m0./s1. The van der Waals surface area contributed by atoms with Gasteiger partial charge in [0.2, 0.25) is 0 Å². The number of ether oxygens (including phenoxy) is 1. The normalized spacial score (nSPS) is 11.2. The van der Waals surface area contributed by atoms with Crippen molar-refractivity contribution in [2.45, 2.75) is 46.3 Å². The van der Waals surface area contributed by atoms with E-state index in [1.54, 1.807) is 32.0 Å². The zero-order chi connectivity index (χ0) is 22.8. The van der Waals surface area contributed by atoms with Gasteiger partial charge in [0.1, 0.15) is 6.04 Å². The molecule has 0 spiro atoms. The average molecular weight is 454 g/mol. The van der Waals surface area contributed by atoms with Gasteiger partial charge in [0.25, 0.3) is 5.91 Å². The SMILES string of the molecule is CC.CC(C)OC(=O)[C@H](Cc1ccc(C(=O)O)cc1)NC(=O)c1c(Cl)cccc1Cl. The van der Waals surface area contributed by atoms with Crippen LogP contribution in [0, 0.1) is 0 Å². The van der Waals surface area contributed by atoms with Crippen LogP contribution in [0.1, 0.15) is 54.0 Å². The van der Waals surface area contributed by atoms with Crippen molar-refractivity contribution in [3.8, 4) is 0 Å². The second-order valence-electron chi connectivity index (χ2n) is 6.31. The van der Waals surface area contributed by atoms with Crippen molar-refractivity contribution in [2.24, 2.45) is 0 Å². The van der Waals surface area contributed by atoms with Crippen LogP contribution in [-0.4, -0.2) is 35.1 Å². The highest BCUT2D eigenvalue weighted by atomic mass is 35.5. The number of halogens is 2. The lowest BCUT2D eigenvalue weighted by molar-refractivity contribution is -0.149. The van der Waals surface area contributed by atoms with E-state index in [2.05, 4.69) is 5.32 Å². The number of carbonyl (C=O) groups is 3. The van der Waals surface area contributed by atoms with Crippen LogP contribution in [-0.2, 0) is 16.0 Å². The minimum Gasteiger partial charge on any atom is -0.478 e. The summed E-state index contributed by atoms with van der Waals surface area (Å²) in [5.41, 5.74) is 0.840. The van der Waals surface area contributed by atoms with Crippen molar-refractivity contribution in [1.82, 2.24) is 5.32 Å². The average Bonchev–Trinajstić information content (AvgIpc) is 2.68. The Labute approximate surface area is 186 Å². The Hall–Kier alpha value is -2.57. The Morgan fingerprint density at radius 3 is 2.00 bits per heavy atom. The minimum atomic E-state index is -1.05. The van der Waals surface area contributed by atoms with E-state index in [1.807, 2.05) is 13.8 Å². The molecule has 0 aliphatic heterocycles. The molecule has 0 bridgehead atoms. The maximum absolute atomic E-state index is 12.7. The molecule has 2 N–H and O–H groups in total. The maximum Gasteiger partial charge on any atom is 0.335 e. The fraction of sp³-hybridized carbons (Fsp3) is 0.318. The highest BCUT2D eigenvalue weighted by Gasteiger charge is 2.26. The predicted octanol–water partition coefficient (Wildman–Crippen LogP) is 5.01. The number of aromatic carboxylic acids is 1. The lowest BCUT2D eigenvalue weighted by Crippen LogP contribution is -2.44. The van der Waals surface area contributed by atoms with Crippen LogP contribution < -0.4 is 5.32 Å². The quantitative estimate of drug-likeness (QED) is 0.574. The summed E-state index contributed by atoms with van der Waals surface area (Å²) in [6, 6.07) is 9.66. The summed E-state index contributed by atoms with van der Waals surface area (Å²) >= 11 is 12.1. The summed E-state index contributed by atoms with van der Waals surface area (Å²) in [4.78, 5) is 36.1. The van der Waals surface area contributed by atoms with Crippen molar-refractivity contribution in [1.29, 1.82) is 0 Å². The first kappa shape index (κ1) is 25.5. The van der Waals surface area contributed by atoms with E-state index >= 15 is 0 Å². The topological polar surface area (TPSA) is 92.7 Å². The Morgan fingerprint density at radius 2 is 1.53 bits per heavy atom. The molecule has 0 saturated heterocycles. The first-order valence-corrected chi connectivity index (χ1v) is 10.2. The lowest BCUT2D eigenvalue weighted by atomic mass is 10.0. The molecule has 2 aromatic carbocycles. The summed E-state index contributed by atoms with van der Waals surface area (Å²) in [6.07, 6.45) is -0.260. The Bertz CT molecular complexity index is 861. The number of rotatable bonds is 7. The van der Waals surface area contributed by atoms with Gasteiger partial charge < -0.3 is 15.2 Å². The fourth-order valence-electron chi connectivity index (χ4n) is 2.47. The molecule has 2 rings (SSSR count). The molecule has 0 aliphatic rings. The van der Waals surface area contributed by atoms with Crippen molar-refractivity contribution in [3.05, 3.63) is 69.2 Å². The lowest BCUT2D eigenvalue weighted by Gasteiger charge is -2.20. The molecule has 162 valence electrons. The second kappa shape index (κ2) is 12.2. The number of benzene rings is 2. The van der Waals surface area contributed by atoms with Crippen LogP contribution in [0.25, 0.3) is 0 Å². The molecule has 30 heavy (non-hydrogen) atoms. The van der Waals surface area contributed by atoms with Gasteiger partial charge in [-0.1, -0.05) is 55.2 Å². The molecule has 6 nitrogen and oxygen atoms in total. The highest BCUT2D eigenvalue weighted by molar-refractivity contribution is 6.39. The Kier molecular flexibility index (Phi) is 10.4. The van der Waals surface area contributed by atoms with E-state index in [4.69, 9.17) is 33.0 Å². The highest BCUT2D eigenvalue weighted by Crippen LogP contribution is 2.24. The summed E-state index contributed by atoms with van der Waals surface area (Å²) in [5, 5.41) is 11.9. The van der Waals surface area contributed by atoms with Crippen LogP contribution in [0.5, 0.6) is 0 Å². The van der Waals surface area contributed by atoms with Crippen LogP contribution >= 0.6 is 23.2 Å². The van der Waals surface area contributed by atoms with Gasteiger partial charge in [0, 0.05) is 6.42 Å². The number of nitrogens with one attached hydrogen (secondary N) is 1. The Morgan fingerprint density at radius 1 is 1.00 bits per heavy atom. The number of hydrogen-bond donors (Lipinski definition) is 2. The molecular formula is C22H25Cl2NO5. The molecule has 1 amide bonds. The monoisotopic (exact) mass is 453 g/mol. The van der Waals surface area contributed by atoms with E-state index in [1.165, 1.54) is 24.3 Å². The van der Waals surface area contributed by atoms with Gasteiger partial charge in [-0.15, -0.1) is 0 Å². The molecule has 1 atom stereocenters. The molecule has 2 aromatic rings. The molecule has 0 radical (unpaired) electrons. The van der Waals surface area contributed by atoms with E-state index < -0.39 is 23.9 Å². The molecule has 0 unspecified atom stereocenters. The molecule has 0 saturated carbocycles. The predicted molar refractivity (Wildman–Crippen MR) is 117 cm³/mol. The van der Waals surface area contributed by atoms with Crippen LogP contribution in [0.15, 0.2) is 42.5 Å². The van der Waals surface area contributed by atoms with E-state index in [0.717, 1.165) is 0 Å². The van der Waals surface area contributed by atoms with E-state index in [0.29, 0.717) is 5.56 Å². The third-order valence-electron chi connectivity index (χ3n) is 3.77. The maximum atomic E-state index is 12.7. The summed E-state index contributed by atoms with van der Waals surface area (Å²) in [7, 11) is 0. The first-order chi connectivity index (χ1) is 14.2. The molecule has 0 aromatic heterocycles. The molecule has 0 aliphatic carbocycles. The second-order valence-corrected chi connectivity index (χ2v) is 7.13. The number of esters is 1. The van der Waals surface area contributed by atoms with Gasteiger partial charge in [0.05, 0.1) is 27.3 Å². The van der Waals surface area contributed by atoms with Crippen LogP contribution in [0.2, 0.25) is 10.0 Å². The van der Waals surface area contributed by atoms with Crippen molar-refractivity contribution < 1.29 is 24.2 Å². The fourth-order valence-corrected chi connectivity index (χ4v) is 3.04. The summed E-state index contributed by atoms with van der Waals surface area (Å²) in [5.74, 6) is -2.28. The summed E-state index contributed by atoms with van der Waals surface area (Å²) < 4.78 is 5.23. The van der Waals surface area contributed by atoms with Crippen LogP contribution in [0.3, 0.4) is 0 Å². The third-order valence-corrected chi connectivity index (χ3v) is 4.40. The molecule has 8 heteroatoms. The van der Waals surface area contributed by atoms with E-state index in [-0.39, 0.29) is 33.7 Å². The Balaban J connectivity index is 0.00000218. The third kappa shape index (κ3) is 7.35. The zero-order valence-electron chi connectivity index (χ0n) is 17.2. The van der Waals surface area contributed by atoms with Gasteiger partial charge in [-0.05, 0) is 43.7 Å². The van der Waals surface area contributed by atoms with Gasteiger partial charge in [0.15, 0.2) is 0 Å². The smallest absolute Gasteiger partial charge is 0.335 e. The van der Waals surface area contributed by atoms with Crippen LogP contribution in [0.4, 0.5) is 0 Å². The molecule has 0 fully saturated rings. The minimum absolute atomic E-state index is 0.0643. The van der Waals surface area contributed by atoms with Crippen molar-refractivity contribution in [3.63, 3.8) is 0 Å². The number of carboxylic acid groups (broad SMARTS) is 1. The van der Waals surface area contributed by atoms with Gasteiger partial charge >= 0.3 is 11.9 Å². The number of carbonyl (C=O) groups excluding carboxylic acids is 2. The van der Waals surface area contributed by atoms with Gasteiger partial charge in [-0.25, -0.2) is 9.59 Å². The zero-order valence-corrected chi connectivity index (χ0v) is 18.8. The van der Waals surface area contributed by atoms with Gasteiger partial charge in [-0.3, -0.25) is 4.79 Å². The summed E-state index contributed by atoms with van der Waals surface area (Å²) in [6.45, 7) is 7.40. The van der Waals surface area contributed by atoms with E-state index in [9.17, 15) is 14.4 Å². The van der Waals surface area contributed by atoms with Crippen molar-refractivity contribution >= 4 is 41.0 Å². The number of hydrogen-bond acceptors (Lipinski definition) is 4. The first-order valence-electron chi connectivity index (χ1n) is 9.46. The number of amides is 1.